The molecule has 16 heavy (non-hydrogen) atoms. The van der Waals surface area contributed by atoms with Gasteiger partial charge in [0.1, 0.15) is 0 Å². The minimum atomic E-state index is -0.824. The third kappa shape index (κ3) is 3.61. The number of halogens is 1. The number of carbonyl (C=O) groups excluding carboxylic acids is 2. The van der Waals surface area contributed by atoms with Gasteiger partial charge in [-0.25, -0.2) is 4.79 Å². The Hall–Kier alpha value is -0.880. The molecule has 1 rings (SSSR count). The lowest BCUT2D eigenvalue weighted by Crippen LogP contribution is -2.35. The van der Waals surface area contributed by atoms with Gasteiger partial charge in [-0.05, 0) is 34.5 Å². The van der Waals surface area contributed by atoms with E-state index in [9.17, 15) is 9.59 Å². The van der Waals surface area contributed by atoms with Crippen LogP contribution in [0.2, 0.25) is 0 Å². The largest absolute Gasteiger partial charge is 0.462 e. The van der Waals surface area contributed by atoms with Crippen molar-refractivity contribution in [2.45, 2.75) is 6.42 Å². The summed E-state index contributed by atoms with van der Waals surface area (Å²) in [6.07, 6.45) is 0.732. The third-order valence-corrected chi connectivity index (χ3v) is 3.71. The average molecular weight is 306 g/mol. The van der Waals surface area contributed by atoms with Crippen LogP contribution in [0.4, 0.5) is 0 Å². The van der Waals surface area contributed by atoms with Crippen LogP contribution in [0.1, 0.15) is 4.88 Å². The first-order valence-corrected chi connectivity index (χ1v) is 6.23. The molecular weight excluding hydrogens is 294 g/mol. The summed E-state index contributed by atoms with van der Waals surface area (Å²) < 4.78 is 5.41. The number of methoxy groups -OCH3 is 1. The molecule has 4 nitrogen and oxygen atoms in total. The zero-order valence-electron chi connectivity index (χ0n) is 9.03. The van der Waals surface area contributed by atoms with Crippen LogP contribution in [-0.2, 0) is 20.7 Å². The molecule has 1 amide bonds. The highest BCUT2D eigenvalue weighted by atomic mass is 79.9. The molecule has 0 spiro atoms. The van der Waals surface area contributed by atoms with E-state index in [-0.39, 0.29) is 0 Å². The Morgan fingerprint density at radius 2 is 2.19 bits per heavy atom. The van der Waals surface area contributed by atoms with Crippen LogP contribution in [0.25, 0.3) is 0 Å². The molecular formula is C10H12BrNO3S. The van der Waals surface area contributed by atoms with E-state index in [0.717, 1.165) is 15.1 Å². The van der Waals surface area contributed by atoms with Gasteiger partial charge in [-0.1, -0.05) is 0 Å². The molecule has 0 saturated heterocycles. The van der Waals surface area contributed by atoms with E-state index < -0.39 is 11.9 Å². The van der Waals surface area contributed by atoms with E-state index >= 15 is 0 Å². The second-order valence-corrected chi connectivity index (χ2v) is 5.72. The summed E-state index contributed by atoms with van der Waals surface area (Å²) in [4.78, 5) is 24.8. The molecule has 0 unspecified atom stereocenters. The second-order valence-electron chi connectivity index (χ2n) is 3.17. The van der Waals surface area contributed by atoms with Crippen molar-refractivity contribution in [2.75, 3.05) is 20.7 Å². The van der Waals surface area contributed by atoms with E-state index in [1.807, 2.05) is 12.1 Å². The van der Waals surface area contributed by atoms with Gasteiger partial charge in [-0.15, -0.1) is 11.3 Å². The molecule has 0 aliphatic rings. The van der Waals surface area contributed by atoms with Gasteiger partial charge >= 0.3 is 11.9 Å². The van der Waals surface area contributed by atoms with E-state index in [1.165, 1.54) is 12.0 Å². The quantitative estimate of drug-likeness (QED) is 0.630. The van der Waals surface area contributed by atoms with Crippen LogP contribution >= 0.6 is 27.3 Å². The topological polar surface area (TPSA) is 46.6 Å². The Labute approximate surface area is 106 Å². The number of carbonyl (C=O) groups is 2. The molecule has 0 bridgehead atoms. The smallest absolute Gasteiger partial charge is 0.396 e. The lowest BCUT2D eigenvalue weighted by atomic mass is 10.3. The van der Waals surface area contributed by atoms with Gasteiger partial charge in [0.25, 0.3) is 0 Å². The molecule has 88 valence electrons. The standard InChI is InChI=1S/C10H12BrNO3S/c1-12(9(13)10(14)15-2)6-5-7-3-4-8(11)16-7/h3-4H,5-6H2,1-2H3. The van der Waals surface area contributed by atoms with Crippen molar-refractivity contribution in [3.63, 3.8) is 0 Å². The van der Waals surface area contributed by atoms with Gasteiger partial charge in [0.05, 0.1) is 10.9 Å². The molecule has 1 aromatic rings. The van der Waals surface area contributed by atoms with E-state index in [1.54, 1.807) is 18.4 Å². The van der Waals surface area contributed by atoms with Crippen molar-refractivity contribution in [3.8, 4) is 0 Å². The van der Waals surface area contributed by atoms with Crippen LogP contribution in [0.5, 0.6) is 0 Å². The SMILES string of the molecule is COC(=O)C(=O)N(C)CCc1ccc(Br)s1. The highest BCUT2D eigenvalue weighted by Gasteiger charge is 2.18. The van der Waals surface area contributed by atoms with Gasteiger partial charge in [0.15, 0.2) is 0 Å². The van der Waals surface area contributed by atoms with E-state index in [0.29, 0.717) is 6.54 Å². The Morgan fingerprint density at radius 3 is 2.69 bits per heavy atom. The van der Waals surface area contributed by atoms with Crippen LogP contribution in [0, 0.1) is 0 Å². The molecule has 6 heteroatoms. The maximum atomic E-state index is 11.3. The van der Waals surface area contributed by atoms with Crippen molar-refractivity contribution >= 4 is 39.1 Å². The number of nitrogens with zero attached hydrogens (tertiary/aromatic N) is 1. The van der Waals surface area contributed by atoms with Gasteiger partial charge in [0.2, 0.25) is 0 Å². The number of hydrogen-bond donors (Lipinski definition) is 0. The highest BCUT2D eigenvalue weighted by Crippen LogP contribution is 2.22. The molecule has 0 aromatic carbocycles. The summed E-state index contributed by atoms with van der Waals surface area (Å²) in [5.74, 6) is -1.44. The second kappa shape index (κ2) is 6.00. The summed E-state index contributed by atoms with van der Waals surface area (Å²) in [7, 11) is 2.78. The van der Waals surface area contributed by atoms with Crippen LogP contribution in [0.15, 0.2) is 15.9 Å². The van der Waals surface area contributed by atoms with E-state index in [4.69, 9.17) is 0 Å². The number of rotatable bonds is 3. The summed E-state index contributed by atoms with van der Waals surface area (Å²) in [6, 6.07) is 3.95. The van der Waals surface area contributed by atoms with Crippen molar-refractivity contribution in [1.82, 2.24) is 4.90 Å². The maximum absolute atomic E-state index is 11.3. The van der Waals surface area contributed by atoms with Gasteiger partial charge in [-0.3, -0.25) is 4.79 Å². The van der Waals surface area contributed by atoms with Crippen LogP contribution in [0.3, 0.4) is 0 Å². The third-order valence-electron chi connectivity index (χ3n) is 2.03. The lowest BCUT2D eigenvalue weighted by molar-refractivity contribution is -0.157. The first kappa shape index (κ1) is 13.2. The van der Waals surface area contributed by atoms with Crippen molar-refractivity contribution in [1.29, 1.82) is 0 Å². The fourth-order valence-electron chi connectivity index (χ4n) is 1.11. The highest BCUT2D eigenvalue weighted by molar-refractivity contribution is 9.11. The van der Waals surface area contributed by atoms with Crippen molar-refractivity contribution in [3.05, 3.63) is 20.8 Å². The molecule has 0 saturated carbocycles. The Morgan fingerprint density at radius 1 is 1.50 bits per heavy atom. The Balaban J connectivity index is 2.43. The summed E-state index contributed by atoms with van der Waals surface area (Å²) in [6.45, 7) is 0.501. The number of amides is 1. The Kier molecular flexibility index (Phi) is 4.95. The van der Waals surface area contributed by atoms with Crippen molar-refractivity contribution in [2.24, 2.45) is 0 Å². The monoisotopic (exact) mass is 305 g/mol. The molecule has 0 radical (unpaired) electrons. The molecule has 0 aliphatic carbocycles. The number of thiophene rings is 1. The number of ether oxygens (including phenoxy) is 1. The molecule has 0 N–H and O–H groups in total. The fraction of sp³-hybridized carbons (Fsp3) is 0.400. The Bertz CT molecular complexity index is 391. The molecule has 1 aromatic heterocycles. The summed E-state index contributed by atoms with van der Waals surface area (Å²) >= 11 is 4.98. The zero-order valence-corrected chi connectivity index (χ0v) is 11.4. The predicted molar refractivity (Wildman–Crippen MR) is 65.4 cm³/mol. The minimum absolute atomic E-state index is 0.501. The number of hydrogen-bond acceptors (Lipinski definition) is 4. The van der Waals surface area contributed by atoms with Gasteiger partial charge < -0.3 is 9.64 Å². The minimum Gasteiger partial charge on any atom is -0.462 e. The molecule has 0 aliphatic heterocycles. The van der Waals surface area contributed by atoms with E-state index in [2.05, 4.69) is 20.7 Å². The van der Waals surface area contributed by atoms with Gasteiger partial charge in [-0.2, -0.15) is 0 Å². The number of esters is 1. The maximum Gasteiger partial charge on any atom is 0.396 e. The first-order valence-electron chi connectivity index (χ1n) is 4.62. The predicted octanol–water partition coefficient (Wildman–Crippen LogP) is 1.68. The van der Waals surface area contributed by atoms with Gasteiger partial charge in [0, 0.05) is 18.5 Å². The summed E-state index contributed by atoms with van der Waals surface area (Å²) in [5, 5.41) is 0. The fourth-order valence-corrected chi connectivity index (χ4v) is 2.58. The number of likely N-dealkylation sites (N-methyl/N-ethyl adjacent to an activating group) is 1. The average Bonchev–Trinajstić information content (AvgIpc) is 2.69. The van der Waals surface area contributed by atoms with Crippen LogP contribution in [-0.4, -0.2) is 37.5 Å². The first-order chi connectivity index (χ1) is 7.54. The molecule has 1 heterocycles. The van der Waals surface area contributed by atoms with Crippen LogP contribution < -0.4 is 0 Å². The summed E-state index contributed by atoms with van der Waals surface area (Å²) in [5.41, 5.74) is 0. The zero-order chi connectivity index (χ0) is 12.1. The van der Waals surface area contributed by atoms with Crippen molar-refractivity contribution < 1.29 is 14.3 Å². The molecule has 0 atom stereocenters. The lowest BCUT2D eigenvalue weighted by Gasteiger charge is -2.14. The molecule has 0 fully saturated rings. The normalized spacial score (nSPS) is 9.94.